The second kappa shape index (κ2) is 37.1. The first-order valence-electron chi connectivity index (χ1n) is 50.6. The SMILES string of the molecule is c1ccc(-c2cc(-c3ccccc3)nc(-n3c4ccc(-c5cccc6c5c5ccccc5n6-c5ccccc5)cc4c4cccnc43)c2)cc1.c1ccc(-c2cc(-n3c4ccc(-c5cccc6c5c5ccccc5n6-c5ccccc5)cc4c4cccnc43)cc(-c3ccccc3)n2)cc1.c1ccc(-c2ncc(-n3c4ccc(-c5cccc6c5c5ccccc5n6-c5ccccc5)cc4c4cccnc43)c(-c3ccccc3)n2)cc1. The van der Waals surface area contributed by atoms with E-state index in [4.69, 9.17) is 34.9 Å². The minimum Gasteiger partial charge on any atom is -0.309 e. The van der Waals surface area contributed by atoms with Crippen molar-refractivity contribution in [2.24, 2.45) is 0 Å². The summed E-state index contributed by atoms with van der Waals surface area (Å²) in [6.07, 6.45) is 7.56. The third-order valence-electron chi connectivity index (χ3n) is 29.2. The standard InChI is InChI=1S/2C46H30N4.C45H29N5/c1-4-14-31(15-5-1)34-29-40(32-16-6-2-7-17-32)48-44(30-34)50-42-26-25-33(28-39(42)37-22-13-27-47-46(37)50)36-21-12-24-43-45(36)38-20-10-11-23-41(38)49(43)35-18-8-3-9-19-35;1-4-14-31(15-5-1)40-29-35(30-41(48-40)32-16-6-2-7-17-32)50-43-26-25-33(28-39(43)37-22-13-27-47-46(37)50)36-21-12-24-44-45(36)38-20-10-11-23-42(38)49(44)34-18-8-3-9-19-34;1-4-14-30(15-5-1)43-41(29-47-44(48-43)31-16-6-2-7-17-31)50-39-26-25-32(28-37(39)35-22-13-27-46-45(35)50)34-21-12-24-40-42(34)36-20-10-11-23-38(36)49(40)33-18-8-3-9-19-33/h2*1-30H;1-29H. The zero-order valence-corrected chi connectivity index (χ0v) is 81.2. The second-order valence-corrected chi connectivity index (χ2v) is 37.8. The fourth-order valence-corrected chi connectivity index (χ4v) is 22.5. The Balaban J connectivity index is 0.000000108. The first-order valence-corrected chi connectivity index (χ1v) is 50.6. The molecule has 0 saturated carbocycles. The van der Waals surface area contributed by atoms with E-state index in [1.807, 2.05) is 97.6 Å². The van der Waals surface area contributed by atoms with Crippen LogP contribution >= 0.6 is 0 Å². The molecule has 0 unspecified atom stereocenters. The maximum absolute atomic E-state index is 5.28. The van der Waals surface area contributed by atoms with Gasteiger partial charge in [0.05, 0.1) is 90.0 Å². The molecule has 0 amide bonds. The molecule has 0 spiro atoms. The summed E-state index contributed by atoms with van der Waals surface area (Å²) in [5.41, 5.74) is 36.6. The van der Waals surface area contributed by atoms with Gasteiger partial charge in [0.2, 0.25) is 0 Å². The Kier molecular flexibility index (Phi) is 21.6. The van der Waals surface area contributed by atoms with Crippen molar-refractivity contribution in [2.75, 3.05) is 0 Å². The van der Waals surface area contributed by atoms with Crippen molar-refractivity contribution < 1.29 is 0 Å². The van der Waals surface area contributed by atoms with Crippen LogP contribution in [0.3, 0.4) is 0 Å². The van der Waals surface area contributed by atoms with Crippen LogP contribution in [0.25, 0.3) is 266 Å². The van der Waals surface area contributed by atoms with Gasteiger partial charge in [0.1, 0.15) is 22.8 Å². The van der Waals surface area contributed by atoms with Crippen LogP contribution in [-0.4, -0.2) is 62.3 Å². The van der Waals surface area contributed by atoms with Gasteiger partial charge < -0.3 is 13.7 Å². The highest BCUT2D eigenvalue weighted by Crippen LogP contribution is 2.48. The van der Waals surface area contributed by atoms with Crippen LogP contribution in [0, 0.1) is 0 Å². The summed E-state index contributed by atoms with van der Waals surface area (Å²) < 4.78 is 13.8. The Morgan fingerprint density at radius 2 is 0.473 bits per heavy atom. The molecule has 0 saturated heterocycles. The topological polar surface area (TPSA) is 120 Å². The number of hydrogen-bond acceptors (Lipinski definition) is 7. The van der Waals surface area contributed by atoms with Crippen molar-refractivity contribution in [3.8, 4) is 135 Å². The van der Waals surface area contributed by atoms with Crippen LogP contribution in [0.1, 0.15) is 0 Å². The van der Waals surface area contributed by atoms with Crippen LogP contribution < -0.4 is 0 Å². The highest BCUT2D eigenvalue weighted by atomic mass is 15.1. The fraction of sp³-hybridized carbons (Fsp3) is 0. The Morgan fingerprint density at radius 3 is 0.880 bits per heavy atom. The molecule has 18 aromatic carbocycles. The monoisotopic (exact) mass is 1920 g/mol. The van der Waals surface area contributed by atoms with Crippen LogP contribution in [0.15, 0.2) is 540 Å². The van der Waals surface area contributed by atoms with Crippen molar-refractivity contribution in [1.82, 2.24) is 62.3 Å². The number of para-hydroxylation sites is 6. The number of rotatable bonds is 15. The first-order chi connectivity index (χ1) is 74.5. The Bertz CT molecular complexity index is 9930. The third-order valence-corrected chi connectivity index (χ3v) is 29.2. The summed E-state index contributed by atoms with van der Waals surface area (Å²) in [5.74, 6) is 1.52. The molecule has 0 N–H and O–H groups in total. The Morgan fingerprint density at radius 1 is 0.160 bits per heavy atom. The predicted octanol–water partition coefficient (Wildman–Crippen LogP) is 34.4. The highest BCUT2D eigenvalue weighted by Gasteiger charge is 2.28. The van der Waals surface area contributed by atoms with Crippen molar-refractivity contribution in [3.63, 3.8) is 0 Å². The number of pyridine rings is 5. The molecule has 0 fully saturated rings. The maximum Gasteiger partial charge on any atom is 0.159 e. The molecule has 0 atom stereocenters. The molecule has 150 heavy (non-hydrogen) atoms. The molecule has 30 aromatic rings. The van der Waals surface area contributed by atoms with Crippen molar-refractivity contribution in [2.45, 2.75) is 0 Å². The van der Waals surface area contributed by atoms with Crippen molar-refractivity contribution in [1.29, 1.82) is 0 Å². The van der Waals surface area contributed by atoms with Gasteiger partial charge in [-0.1, -0.05) is 346 Å². The molecule has 12 heterocycles. The summed E-state index contributed by atoms with van der Waals surface area (Å²) in [6.45, 7) is 0. The van der Waals surface area contributed by atoms with Gasteiger partial charge in [-0.15, -0.1) is 0 Å². The van der Waals surface area contributed by atoms with Gasteiger partial charge in [-0.25, -0.2) is 34.9 Å². The number of aromatic nitrogens is 13. The molecule has 13 heteroatoms. The smallest absolute Gasteiger partial charge is 0.159 e. The lowest BCUT2D eigenvalue weighted by Gasteiger charge is -2.14. The van der Waals surface area contributed by atoms with E-state index in [0.29, 0.717) is 5.82 Å². The second-order valence-electron chi connectivity index (χ2n) is 37.8. The molecule has 0 radical (unpaired) electrons. The van der Waals surface area contributed by atoms with E-state index in [-0.39, 0.29) is 0 Å². The molecular weight excluding hydrogens is 1830 g/mol. The van der Waals surface area contributed by atoms with E-state index < -0.39 is 0 Å². The molecule has 0 aliphatic rings. The van der Waals surface area contributed by atoms with Crippen LogP contribution in [0.4, 0.5) is 0 Å². The summed E-state index contributed by atoms with van der Waals surface area (Å²) in [7, 11) is 0. The van der Waals surface area contributed by atoms with E-state index in [0.717, 1.165) is 173 Å². The van der Waals surface area contributed by atoms with Crippen molar-refractivity contribution in [3.05, 3.63) is 540 Å². The van der Waals surface area contributed by atoms with Gasteiger partial charge in [-0.05, 0) is 214 Å². The molecule has 702 valence electrons. The highest BCUT2D eigenvalue weighted by molar-refractivity contribution is 6.21. The van der Waals surface area contributed by atoms with Crippen molar-refractivity contribution >= 4 is 131 Å². The number of hydrogen-bond donors (Lipinski definition) is 0. The number of fused-ring (bicyclic) bond motifs is 18. The quantitative estimate of drug-likeness (QED) is 0.100. The van der Waals surface area contributed by atoms with Crippen LogP contribution in [0.2, 0.25) is 0 Å². The Labute approximate surface area is 863 Å². The fourth-order valence-electron chi connectivity index (χ4n) is 22.5. The normalized spacial score (nSPS) is 11.6. The van der Waals surface area contributed by atoms with Gasteiger partial charge >= 0.3 is 0 Å². The third kappa shape index (κ3) is 15.1. The van der Waals surface area contributed by atoms with E-state index in [1.54, 1.807) is 0 Å². The molecule has 30 rings (SSSR count). The molecule has 0 aliphatic heterocycles. The van der Waals surface area contributed by atoms with Gasteiger partial charge in [-0.2, -0.15) is 0 Å². The van der Waals surface area contributed by atoms with Gasteiger partial charge in [0.25, 0.3) is 0 Å². The Hall–Kier alpha value is -20.4. The minimum atomic E-state index is 0.687. The van der Waals surface area contributed by atoms with Gasteiger partial charge in [-0.3, -0.25) is 13.7 Å². The van der Waals surface area contributed by atoms with E-state index in [2.05, 4.69) is 470 Å². The predicted molar refractivity (Wildman–Crippen MR) is 619 cm³/mol. The van der Waals surface area contributed by atoms with Gasteiger partial charge in [0.15, 0.2) is 5.82 Å². The lowest BCUT2D eigenvalue weighted by Crippen LogP contribution is -2.03. The number of nitrogens with zero attached hydrogens (tertiary/aromatic N) is 13. The zero-order chi connectivity index (χ0) is 99.1. The average molecular weight is 1920 g/mol. The van der Waals surface area contributed by atoms with E-state index >= 15 is 0 Å². The first kappa shape index (κ1) is 87.4. The summed E-state index contributed by atoms with van der Waals surface area (Å²) in [6, 6.07) is 182. The minimum absolute atomic E-state index is 0.687. The summed E-state index contributed by atoms with van der Waals surface area (Å²) in [4.78, 5) is 35.4. The van der Waals surface area contributed by atoms with Gasteiger partial charge in [0, 0.05) is 128 Å². The molecule has 13 nitrogen and oxygen atoms in total. The zero-order valence-electron chi connectivity index (χ0n) is 81.2. The molecule has 12 aromatic heterocycles. The molecule has 0 aliphatic carbocycles. The number of benzene rings is 18. The van der Waals surface area contributed by atoms with E-state index in [1.165, 1.54) is 87.7 Å². The summed E-state index contributed by atoms with van der Waals surface area (Å²) in [5, 5.41) is 14.2. The van der Waals surface area contributed by atoms with E-state index in [9.17, 15) is 0 Å². The van der Waals surface area contributed by atoms with Crippen LogP contribution in [0.5, 0.6) is 0 Å². The summed E-state index contributed by atoms with van der Waals surface area (Å²) >= 11 is 0. The lowest BCUT2D eigenvalue weighted by atomic mass is 9.98. The molecular formula is C137H89N13. The lowest BCUT2D eigenvalue weighted by molar-refractivity contribution is 1.06. The average Bonchev–Trinajstić information content (AvgIpc) is 1.57. The largest absolute Gasteiger partial charge is 0.309 e. The van der Waals surface area contributed by atoms with Crippen LogP contribution in [-0.2, 0) is 0 Å². The maximum atomic E-state index is 5.28. The molecule has 0 bridgehead atoms.